The van der Waals surface area contributed by atoms with Crippen molar-refractivity contribution in [3.05, 3.63) is 35.9 Å². The van der Waals surface area contributed by atoms with Gasteiger partial charge in [0, 0.05) is 0 Å². The average Bonchev–Trinajstić information content (AvgIpc) is 2.53. The highest BCUT2D eigenvalue weighted by atomic mass is 79.9. The minimum Gasteiger partial charge on any atom is -0.0792 e. The van der Waals surface area contributed by atoms with Gasteiger partial charge in [0.05, 0.1) is 4.32 Å². The number of hydrogen-bond donors (Lipinski definition) is 0. The predicted octanol–water partition coefficient (Wildman–Crippen LogP) is 3.95. The van der Waals surface area contributed by atoms with Gasteiger partial charge in [-0.05, 0) is 16.9 Å². The van der Waals surface area contributed by atoms with Gasteiger partial charge in [-0.15, -0.1) is 0 Å². The van der Waals surface area contributed by atoms with E-state index in [4.69, 9.17) is 0 Å². The summed E-state index contributed by atoms with van der Waals surface area (Å²) in [6.45, 7) is 6.95. The fourth-order valence-corrected chi connectivity index (χ4v) is 3.33. The van der Waals surface area contributed by atoms with Gasteiger partial charge in [0.15, 0.2) is 0 Å². The van der Waals surface area contributed by atoms with Crippen LogP contribution in [-0.4, -0.2) is 0 Å². The molecule has 0 amide bonds. The highest BCUT2D eigenvalue weighted by molar-refractivity contribution is 9.09. The van der Waals surface area contributed by atoms with Crippen molar-refractivity contribution in [1.29, 1.82) is 0 Å². The SMILES string of the molecule is CC1C(C)(C)C1(Br)c1ccccc1. The third kappa shape index (κ3) is 1.03. The molecule has 1 fully saturated rings. The predicted molar refractivity (Wildman–Crippen MR) is 60.0 cm³/mol. The first-order valence-corrected chi connectivity index (χ1v) is 5.55. The lowest BCUT2D eigenvalue weighted by atomic mass is 10.0. The summed E-state index contributed by atoms with van der Waals surface area (Å²) in [6, 6.07) is 10.7. The van der Waals surface area contributed by atoms with Crippen LogP contribution in [0.15, 0.2) is 30.3 Å². The van der Waals surface area contributed by atoms with Gasteiger partial charge in [-0.1, -0.05) is 67.0 Å². The first-order chi connectivity index (χ1) is 6.01. The van der Waals surface area contributed by atoms with E-state index in [0.717, 1.165) is 0 Å². The smallest absolute Gasteiger partial charge is 0.0591 e. The second-order valence-corrected chi connectivity index (χ2v) is 5.77. The summed E-state index contributed by atoms with van der Waals surface area (Å²) in [5, 5.41) is 0. The van der Waals surface area contributed by atoms with Gasteiger partial charge in [-0.2, -0.15) is 0 Å². The molecule has 0 N–H and O–H groups in total. The molecule has 0 aliphatic heterocycles. The molecule has 0 aromatic heterocycles. The first-order valence-electron chi connectivity index (χ1n) is 4.75. The van der Waals surface area contributed by atoms with Crippen LogP contribution < -0.4 is 0 Å². The minimum atomic E-state index is 0.210. The molecule has 1 heteroatoms. The van der Waals surface area contributed by atoms with E-state index < -0.39 is 0 Å². The fraction of sp³-hybridized carbons (Fsp3) is 0.500. The molecule has 0 nitrogen and oxygen atoms in total. The molecule has 1 aliphatic rings. The summed E-state index contributed by atoms with van der Waals surface area (Å²) in [4.78, 5) is 0. The lowest BCUT2D eigenvalue weighted by Gasteiger charge is -2.12. The molecule has 0 spiro atoms. The lowest BCUT2D eigenvalue weighted by Crippen LogP contribution is -2.04. The van der Waals surface area contributed by atoms with Gasteiger partial charge in [0.25, 0.3) is 0 Å². The summed E-state index contributed by atoms with van der Waals surface area (Å²) < 4.78 is 0.210. The Kier molecular flexibility index (Phi) is 1.85. The molecule has 1 saturated carbocycles. The maximum absolute atomic E-state index is 3.88. The first kappa shape index (κ1) is 9.26. The monoisotopic (exact) mass is 238 g/mol. The Morgan fingerprint density at radius 3 is 2.00 bits per heavy atom. The summed E-state index contributed by atoms with van der Waals surface area (Å²) in [6.07, 6.45) is 0. The fourth-order valence-electron chi connectivity index (χ4n) is 2.26. The third-order valence-corrected chi connectivity index (χ3v) is 5.89. The third-order valence-electron chi connectivity index (χ3n) is 3.73. The highest BCUT2D eigenvalue weighted by Crippen LogP contribution is 2.72. The summed E-state index contributed by atoms with van der Waals surface area (Å²) in [5.41, 5.74) is 1.79. The standard InChI is InChI=1S/C12H15Br/c1-9-11(2,3)12(9,13)10-7-5-4-6-8-10/h4-9H,1-3H3. The summed E-state index contributed by atoms with van der Waals surface area (Å²) in [5.74, 6) is 0.711. The molecule has 2 atom stereocenters. The van der Waals surface area contributed by atoms with Gasteiger partial charge in [-0.3, -0.25) is 0 Å². The number of hydrogen-bond acceptors (Lipinski definition) is 0. The van der Waals surface area contributed by atoms with Crippen LogP contribution >= 0.6 is 15.9 Å². The normalized spacial score (nSPS) is 35.8. The van der Waals surface area contributed by atoms with E-state index in [2.05, 4.69) is 67.0 Å². The molecule has 0 radical (unpaired) electrons. The second kappa shape index (κ2) is 2.60. The van der Waals surface area contributed by atoms with Crippen LogP contribution in [0.3, 0.4) is 0 Å². The Hall–Kier alpha value is -0.300. The number of halogens is 1. The molecule has 1 aliphatic carbocycles. The van der Waals surface area contributed by atoms with Gasteiger partial charge < -0.3 is 0 Å². The van der Waals surface area contributed by atoms with E-state index in [1.807, 2.05) is 0 Å². The van der Waals surface area contributed by atoms with Gasteiger partial charge in [0.1, 0.15) is 0 Å². The van der Waals surface area contributed by atoms with Crippen molar-refractivity contribution in [1.82, 2.24) is 0 Å². The molecular formula is C12H15Br. The number of benzene rings is 1. The zero-order chi connectivity index (χ0) is 9.69. The van der Waals surface area contributed by atoms with Gasteiger partial charge in [0.2, 0.25) is 0 Å². The van der Waals surface area contributed by atoms with Crippen molar-refractivity contribution in [3.8, 4) is 0 Å². The van der Waals surface area contributed by atoms with Gasteiger partial charge >= 0.3 is 0 Å². The van der Waals surface area contributed by atoms with Crippen molar-refractivity contribution in [2.45, 2.75) is 25.1 Å². The molecule has 2 unspecified atom stereocenters. The van der Waals surface area contributed by atoms with E-state index in [1.54, 1.807) is 0 Å². The average molecular weight is 239 g/mol. The molecular weight excluding hydrogens is 224 g/mol. The molecule has 1 aromatic rings. The Balaban J connectivity index is 2.40. The molecule has 1 aromatic carbocycles. The van der Waals surface area contributed by atoms with Crippen LogP contribution in [0.4, 0.5) is 0 Å². The minimum absolute atomic E-state index is 0.210. The van der Waals surface area contributed by atoms with E-state index in [9.17, 15) is 0 Å². The molecule has 0 bridgehead atoms. The Morgan fingerprint density at radius 1 is 1.15 bits per heavy atom. The molecule has 0 heterocycles. The van der Waals surface area contributed by atoms with Crippen LogP contribution in [0.1, 0.15) is 26.3 Å². The topological polar surface area (TPSA) is 0 Å². The van der Waals surface area contributed by atoms with Crippen LogP contribution in [0.25, 0.3) is 0 Å². The Bertz CT molecular complexity index is 315. The Labute approximate surface area is 88.5 Å². The Morgan fingerprint density at radius 2 is 1.62 bits per heavy atom. The zero-order valence-corrected chi connectivity index (χ0v) is 9.93. The molecule has 13 heavy (non-hydrogen) atoms. The van der Waals surface area contributed by atoms with Crippen LogP contribution in [0.5, 0.6) is 0 Å². The largest absolute Gasteiger partial charge is 0.0792 e. The quantitative estimate of drug-likeness (QED) is 0.651. The van der Waals surface area contributed by atoms with Crippen LogP contribution in [0, 0.1) is 11.3 Å². The molecule has 2 rings (SSSR count). The maximum Gasteiger partial charge on any atom is 0.0591 e. The number of rotatable bonds is 1. The van der Waals surface area contributed by atoms with Crippen LogP contribution in [-0.2, 0) is 4.32 Å². The van der Waals surface area contributed by atoms with E-state index in [0.29, 0.717) is 11.3 Å². The van der Waals surface area contributed by atoms with E-state index >= 15 is 0 Å². The lowest BCUT2D eigenvalue weighted by molar-refractivity contribution is 0.568. The van der Waals surface area contributed by atoms with Crippen molar-refractivity contribution >= 4 is 15.9 Å². The van der Waals surface area contributed by atoms with Crippen LogP contribution in [0.2, 0.25) is 0 Å². The van der Waals surface area contributed by atoms with Crippen molar-refractivity contribution in [2.75, 3.05) is 0 Å². The highest BCUT2D eigenvalue weighted by Gasteiger charge is 2.67. The zero-order valence-electron chi connectivity index (χ0n) is 8.34. The van der Waals surface area contributed by atoms with Crippen molar-refractivity contribution in [3.63, 3.8) is 0 Å². The summed E-state index contributed by atoms with van der Waals surface area (Å²) in [7, 11) is 0. The summed E-state index contributed by atoms with van der Waals surface area (Å²) >= 11 is 3.88. The van der Waals surface area contributed by atoms with E-state index in [1.165, 1.54) is 5.56 Å². The van der Waals surface area contributed by atoms with Crippen molar-refractivity contribution < 1.29 is 0 Å². The second-order valence-electron chi connectivity index (χ2n) is 4.52. The van der Waals surface area contributed by atoms with Crippen molar-refractivity contribution in [2.24, 2.45) is 11.3 Å². The molecule has 0 saturated heterocycles. The number of alkyl halides is 1. The molecule has 70 valence electrons. The maximum atomic E-state index is 3.88. The van der Waals surface area contributed by atoms with Gasteiger partial charge in [-0.25, -0.2) is 0 Å². The van der Waals surface area contributed by atoms with E-state index in [-0.39, 0.29) is 4.32 Å².